The van der Waals surface area contributed by atoms with Crippen LogP contribution in [0.4, 0.5) is 0 Å². The Morgan fingerprint density at radius 1 is 1.23 bits per heavy atom. The minimum atomic E-state index is -0.457. The lowest BCUT2D eigenvalue weighted by Crippen LogP contribution is -2.27. The van der Waals surface area contributed by atoms with E-state index in [4.69, 9.17) is 0 Å². The Kier molecular flexibility index (Phi) is 3.71. The molecule has 22 heavy (non-hydrogen) atoms. The first kappa shape index (κ1) is 14.4. The van der Waals surface area contributed by atoms with Crippen LogP contribution in [0.25, 0.3) is 0 Å². The highest BCUT2D eigenvalue weighted by Crippen LogP contribution is 2.40. The molecule has 1 atom stereocenters. The third kappa shape index (κ3) is 2.39. The summed E-state index contributed by atoms with van der Waals surface area (Å²) in [4.78, 5) is 28.3. The number of carbonyl (C=O) groups is 1. The smallest absolute Gasteiger partial charge is 0.255 e. The number of pyridine rings is 1. The maximum Gasteiger partial charge on any atom is 0.255 e. The van der Waals surface area contributed by atoms with Gasteiger partial charge in [-0.25, -0.2) is 0 Å². The van der Waals surface area contributed by atoms with Crippen molar-refractivity contribution in [3.63, 3.8) is 0 Å². The van der Waals surface area contributed by atoms with Crippen molar-refractivity contribution in [1.82, 2.24) is 9.88 Å². The predicted molar refractivity (Wildman–Crippen MR) is 82.7 cm³/mol. The van der Waals surface area contributed by atoms with Crippen LogP contribution in [-0.4, -0.2) is 20.9 Å². The fraction of sp³-hybridized carbons (Fsp3) is 0.294. The van der Waals surface area contributed by atoms with E-state index in [0.717, 1.165) is 18.4 Å². The Morgan fingerprint density at radius 3 is 2.64 bits per heavy atom. The van der Waals surface area contributed by atoms with Crippen LogP contribution >= 0.6 is 0 Å². The van der Waals surface area contributed by atoms with Gasteiger partial charge in [0.1, 0.15) is 0 Å². The molecule has 5 heteroatoms. The first-order chi connectivity index (χ1) is 10.6. The molecule has 2 N–H and O–H groups in total. The molecule has 0 radical (unpaired) electrons. The van der Waals surface area contributed by atoms with Gasteiger partial charge in [-0.3, -0.25) is 14.6 Å². The summed E-state index contributed by atoms with van der Waals surface area (Å²) in [6.45, 7) is 2.50. The van der Waals surface area contributed by atoms with Crippen molar-refractivity contribution in [3.05, 3.63) is 63.4 Å². The number of H-pyrrole nitrogens is 1. The van der Waals surface area contributed by atoms with Crippen molar-refractivity contribution >= 4 is 5.91 Å². The molecule has 5 nitrogen and oxygen atoms in total. The maximum atomic E-state index is 12.7. The van der Waals surface area contributed by atoms with Gasteiger partial charge in [0.25, 0.3) is 11.5 Å². The largest absolute Gasteiger partial charge is 0.494 e. The summed E-state index contributed by atoms with van der Waals surface area (Å²) in [6.07, 6.45) is 1.62. The molecule has 1 amide bonds. The van der Waals surface area contributed by atoms with E-state index in [1.54, 1.807) is 4.90 Å². The molecule has 0 saturated carbocycles. The van der Waals surface area contributed by atoms with Crippen LogP contribution in [0.2, 0.25) is 0 Å². The maximum absolute atomic E-state index is 12.7. The lowest BCUT2D eigenvalue weighted by atomic mass is 10.0. The minimum Gasteiger partial charge on any atom is -0.494 e. The number of hydrogen-bond acceptors (Lipinski definition) is 3. The molecule has 1 aromatic heterocycles. The van der Waals surface area contributed by atoms with Gasteiger partial charge in [0.2, 0.25) is 0 Å². The zero-order chi connectivity index (χ0) is 15.7. The number of benzene rings is 1. The number of nitrogens with zero attached hydrogens (tertiary/aromatic N) is 1. The number of rotatable bonds is 4. The van der Waals surface area contributed by atoms with Crippen LogP contribution in [0.3, 0.4) is 0 Å². The van der Waals surface area contributed by atoms with Crippen LogP contribution in [0.1, 0.15) is 47.3 Å². The standard InChI is InChI=1S/C17H18N2O3/c1-2-6-13-15-12(9-14(20)18-16(15)21)17(22)19(13)10-11-7-4-3-5-8-11/h3-5,7-9,13H,2,6,10H2,1H3,(H2,18,20,21)/t13-/m0/s1. The van der Waals surface area contributed by atoms with Crippen molar-refractivity contribution in [1.29, 1.82) is 0 Å². The second-order valence-electron chi connectivity index (χ2n) is 5.53. The summed E-state index contributed by atoms with van der Waals surface area (Å²) in [7, 11) is 0. The highest BCUT2D eigenvalue weighted by Gasteiger charge is 2.38. The highest BCUT2D eigenvalue weighted by atomic mass is 16.3. The molecule has 0 aliphatic carbocycles. The van der Waals surface area contributed by atoms with E-state index in [1.165, 1.54) is 6.07 Å². The lowest BCUT2D eigenvalue weighted by molar-refractivity contribution is 0.0700. The molecular formula is C17H18N2O3. The molecule has 3 rings (SSSR count). The lowest BCUT2D eigenvalue weighted by Gasteiger charge is -2.25. The molecule has 114 valence electrons. The SMILES string of the molecule is CCC[C@H]1c2c(cc(=O)[nH]c2O)C(=O)N1Cc1ccccc1. The highest BCUT2D eigenvalue weighted by molar-refractivity contribution is 5.99. The van der Waals surface area contributed by atoms with Gasteiger partial charge in [-0.1, -0.05) is 43.7 Å². The van der Waals surface area contributed by atoms with Gasteiger partial charge in [-0.05, 0) is 12.0 Å². The van der Waals surface area contributed by atoms with Crippen molar-refractivity contribution in [3.8, 4) is 5.88 Å². The van der Waals surface area contributed by atoms with Gasteiger partial charge in [0, 0.05) is 18.2 Å². The molecule has 1 aliphatic rings. The second-order valence-corrected chi connectivity index (χ2v) is 5.53. The van der Waals surface area contributed by atoms with Crippen LogP contribution in [-0.2, 0) is 6.54 Å². The summed E-state index contributed by atoms with van der Waals surface area (Å²) in [5, 5.41) is 10.1. The third-order valence-corrected chi connectivity index (χ3v) is 4.02. The quantitative estimate of drug-likeness (QED) is 0.911. The molecule has 0 saturated heterocycles. The number of hydrogen-bond donors (Lipinski definition) is 2. The van der Waals surface area contributed by atoms with Gasteiger partial charge in [-0.2, -0.15) is 0 Å². The van der Waals surface area contributed by atoms with E-state index < -0.39 is 5.56 Å². The van der Waals surface area contributed by atoms with Gasteiger partial charge in [-0.15, -0.1) is 0 Å². The molecule has 1 aromatic carbocycles. The van der Waals surface area contributed by atoms with Crippen molar-refractivity contribution < 1.29 is 9.90 Å². The van der Waals surface area contributed by atoms with Gasteiger partial charge in [0.15, 0.2) is 5.88 Å². The van der Waals surface area contributed by atoms with E-state index in [2.05, 4.69) is 4.98 Å². The average Bonchev–Trinajstić information content (AvgIpc) is 2.75. The Balaban J connectivity index is 2.02. The average molecular weight is 298 g/mol. The molecular weight excluding hydrogens is 280 g/mol. The normalized spacial score (nSPS) is 16.9. The first-order valence-electron chi connectivity index (χ1n) is 7.43. The summed E-state index contributed by atoms with van der Waals surface area (Å²) < 4.78 is 0. The molecule has 0 spiro atoms. The van der Waals surface area contributed by atoms with Gasteiger partial charge < -0.3 is 10.0 Å². The molecule has 0 fully saturated rings. The third-order valence-electron chi connectivity index (χ3n) is 4.02. The van der Waals surface area contributed by atoms with Gasteiger partial charge in [0.05, 0.1) is 11.6 Å². The summed E-state index contributed by atoms with van der Waals surface area (Å²) in [5.74, 6) is -0.386. The van der Waals surface area contributed by atoms with Crippen LogP contribution in [0, 0.1) is 0 Å². The Labute approximate surface area is 128 Å². The van der Waals surface area contributed by atoms with Crippen LogP contribution in [0.15, 0.2) is 41.2 Å². The number of aromatic hydroxyl groups is 1. The van der Waals surface area contributed by atoms with E-state index in [0.29, 0.717) is 17.7 Å². The number of nitrogens with one attached hydrogen (secondary N) is 1. The van der Waals surface area contributed by atoms with Crippen molar-refractivity contribution in [2.24, 2.45) is 0 Å². The zero-order valence-electron chi connectivity index (χ0n) is 12.4. The second kappa shape index (κ2) is 5.67. The number of aromatic nitrogens is 1. The van der Waals surface area contributed by atoms with E-state index in [9.17, 15) is 14.7 Å². The number of fused-ring (bicyclic) bond motifs is 1. The molecule has 0 bridgehead atoms. The van der Waals surface area contributed by atoms with E-state index >= 15 is 0 Å². The molecule has 0 unspecified atom stereocenters. The van der Waals surface area contributed by atoms with E-state index in [1.807, 2.05) is 37.3 Å². The summed E-state index contributed by atoms with van der Waals surface area (Å²) >= 11 is 0. The topological polar surface area (TPSA) is 73.4 Å². The van der Waals surface area contributed by atoms with Gasteiger partial charge >= 0.3 is 0 Å². The molecule has 2 aromatic rings. The Morgan fingerprint density at radius 2 is 1.95 bits per heavy atom. The molecule has 2 heterocycles. The fourth-order valence-corrected chi connectivity index (χ4v) is 3.06. The first-order valence-corrected chi connectivity index (χ1v) is 7.43. The molecule has 1 aliphatic heterocycles. The predicted octanol–water partition coefficient (Wildman–Crippen LogP) is 2.58. The van der Waals surface area contributed by atoms with Crippen LogP contribution in [0.5, 0.6) is 5.88 Å². The monoisotopic (exact) mass is 298 g/mol. The summed E-state index contributed by atoms with van der Waals surface area (Å²) in [5.41, 5.74) is 1.43. The fourth-order valence-electron chi connectivity index (χ4n) is 3.06. The van der Waals surface area contributed by atoms with Crippen LogP contribution < -0.4 is 5.56 Å². The number of carbonyl (C=O) groups excluding carboxylic acids is 1. The summed E-state index contributed by atoms with van der Waals surface area (Å²) in [6, 6.07) is 10.8. The van der Waals surface area contributed by atoms with E-state index in [-0.39, 0.29) is 17.8 Å². The number of amides is 1. The zero-order valence-corrected chi connectivity index (χ0v) is 12.4. The Bertz CT molecular complexity index is 752. The van der Waals surface area contributed by atoms with Crippen molar-refractivity contribution in [2.75, 3.05) is 0 Å². The Hall–Kier alpha value is -2.56. The number of aromatic amines is 1. The minimum absolute atomic E-state index is 0.190. The van der Waals surface area contributed by atoms with Crippen molar-refractivity contribution in [2.45, 2.75) is 32.4 Å².